The van der Waals surface area contributed by atoms with Gasteiger partial charge in [-0.15, -0.1) is 0 Å². The van der Waals surface area contributed by atoms with Crippen LogP contribution < -0.4 is 11.1 Å². The smallest absolute Gasteiger partial charge is 0.0465 e. The third-order valence-electron chi connectivity index (χ3n) is 4.09. The summed E-state index contributed by atoms with van der Waals surface area (Å²) in [7, 11) is 0. The molecule has 0 aliphatic heterocycles. The molecule has 112 valence electrons. The summed E-state index contributed by atoms with van der Waals surface area (Å²) < 4.78 is 0. The minimum absolute atomic E-state index is 0.115. The lowest BCUT2D eigenvalue weighted by atomic mass is 9.83. The largest absolute Gasteiger partial charge is 0.402 e. The van der Waals surface area contributed by atoms with Crippen LogP contribution in [0.1, 0.15) is 17.5 Å². The molecule has 0 saturated carbocycles. The fourth-order valence-corrected chi connectivity index (χ4v) is 2.98. The van der Waals surface area contributed by atoms with Gasteiger partial charge in [-0.1, -0.05) is 72.8 Å². The van der Waals surface area contributed by atoms with Gasteiger partial charge in [0.2, 0.25) is 0 Å². The fourth-order valence-electron chi connectivity index (χ4n) is 2.98. The predicted molar refractivity (Wildman–Crippen MR) is 92.2 cm³/mol. The molecule has 0 saturated heterocycles. The monoisotopic (exact) mass is 290 g/mol. The van der Waals surface area contributed by atoms with Gasteiger partial charge in [0, 0.05) is 24.2 Å². The van der Waals surface area contributed by atoms with Gasteiger partial charge in [0.25, 0.3) is 0 Å². The number of nitrogens with one attached hydrogen (secondary N) is 1. The van der Waals surface area contributed by atoms with Crippen molar-refractivity contribution < 1.29 is 0 Å². The van der Waals surface area contributed by atoms with Crippen molar-refractivity contribution in [3.8, 4) is 0 Å². The summed E-state index contributed by atoms with van der Waals surface area (Å²) >= 11 is 0. The Morgan fingerprint density at radius 1 is 0.909 bits per heavy atom. The molecule has 0 heterocycles. The second-order valence-electron chi connectivity index (χ2n) is 5.94. The first-order chi connectivity index (χ1) is 10.8. The highest BCUT2D eigenvalue weighted by Gasteiger charge is 2.29. The molecule has 2 aromatic carbocycles. The van der Waals surface area contributed by atoms with E-state index in [1.807, 2.05) is 12.1 Å². The van der Waals surface area contributed by atoms with Crippen LogP contribution in [0.3, 0.4) is 0 Å². The molecule has 3 N–H and O–H groups in total. The molecule has 0 fully saturated rings. The molecule has 2 nitrogen and oxygen atoms in total. The number of rotatable bonds is 5. The Morgan fingerprint density at radius 3 is 2.18 bits per heavy atom. The maximum absolute atomic E-state index is 6.10. The molecule has 0 aromatic heterocycles. The molecule has 22 heavy (non-hydrogen) atoms. The van der Waals surface area contributed by atoms with Crippen LogP contribution in [0.25, 0.3) is 0 Å². The summed E-state index contributed by atoms with van der Waals surface area (Å²) in [6.45, 7) is 0.839. The molecule has 1 aliphatic carbocycles. The Bertz CT molecular complexity index is 659. The van der Waals surface area contributed by atoms with Crippen molar-refractivity contribution in [2.45, 2.75) is 24.9 Å². The van der Waals surface area contributed by atoms with Crippen molar-refractivity contribution >= 4 is 0 Å². The third-order valence-corrected chi connectivity index (χ3v) is 4.09. The molecule has 2 aromatic rings. The van der Waals surface area contributed by atoms with Gasteiger partial charge in [0.05, 0.1) is 0 Å². The average Bonchev–Trinajstić information content (AvgIpc) is 2.55. The van der Waals surface area contributed by atoms with Crippen LogP contribution in [-0.2, 0) is 13.0 Å². The van der Waals surface area contributed by atoms with E-state index in [1.54, 1.807) is 0 Å². The topological polar surface area (TPSA) is 38.0 Å². The van der Waals surface area contributed by atoms with Gasteiger partial charge in [0.15, 0.2) is 0 Å². The Balaban J connectivity index is 1.78. The zero-order chi connectivity index (χ0) is 15.3. The molecule has 0 spiro atoms. The normalized spacial score (nSPS) is 20.6. The van der Waals surface area contributed by atoms with Crippen LogP contribution in [0, 0.1) is 0 Å². The SMILES string of the molecule is NC1=CC=CC(Cc2ccccc2)(NCc2ccccc2)C1. The van der Waals surface area contributed by atoms with E-state index < -0.39 is 0 Å². The zero-order valence-corrected chi connectivity index (χ0v) is 12.7. The van der Waals surface area contributed by atoms with E-state index in [0.717, 1.165) is 25.1 Å². The number of hydrogen-bond donors (Lipinski definition) is 2. The maximum Gasteiger partial charge on any atom is 0.0465 e. The van der Waals surface area contributed by atoms with Crippen LogP contribution in [0.15, 0.2) is 84.6 Å². The first-order valence-corrected chi connectivity index (χ1v) is 7.73. The molecule has 1 unspecified atom stereocenters. The molecule has 1 aliphatic rings. The van der Waals surface area contributed by atoms with E-state index in [0.29, 0.717) is 0 Å². The van der Waals surface area contributed by atoms with Gasteiger partial charge in [-0.05, 0) is 23.6 Å². The Hall–Kier alpha value is -2.32. The molecule has 0 radical (unpaired) electrons. The molecular formula is C20H22N2. The van der Waals surface area contributed by atoms with Gasteiger partial charge in [0.1, 0.15) is 0 Å². The molecule has 3 rings (SSSR count). The second kappa shape index (κ2) is 6.63. The maximum atomic E-state index is 6.10. The fraction of sp³-hybridized carbons (Fsp3) is 0.200. The van der Waals surface area contributed by atoms with Gasteiger partial charge < -0.3 is 11.1 Å². The Morgan fingerprint density at radius 2 is 1.55 bits per heavy atom. The predicted octanol–water partition coefficient (Wildman–Crippen LogP) is 3.56. The number of nitrogens with two attached hydrogens (primary N) is 1. The van der Waals surface area contributed by atoms with E-state index in [-0.39, 0.29) is 5.54 Å². The van der Waals surface area contributed by atoms with Crippen LogP contribution in [0.4, 0.5) is 0 Å². The Kier molecular flexibility index (Phi) is 4.40. The third kappa shape index (κ3) is 3.66. The van der Waals surface area contributed by atoms with Crippen molar-refractivity contribution in [1.29, 1.82) is 0 Å². The lowest BCUT2D eigenvalue weighted by molar-refractivity contribution is 0.387. The minimum atomic E-state index is -0.115. The zero-order valence-electron chi connectivity index (χ0n) is 12.7. The van der Waals surface area contributed by atoms with Crippen molar-refractivity contribution in [1.82, 2.24) is 5.32 Å². The lowest BCUT2D eigenvalue weighted by Crippen LogP contribution is -2.47. The first kappa shape index (κ1) is 14.6. The summed E-state index contributed by atoms with van der Waals surface area (Å²) in [4.78, 5) is 0. The first-order valence-electron chi connectivity index (χ1n) is 7.73. The molecular weight excluding hydrogens is 268 g/mol. The van der Waals surface area contributed by atoms with E-state index in [2.05, 4.69) is 72.1 Å². The average molecular weight is 290 g/mol. The van der Waals surface area contributed by atoms with Gasteiger partial charge in [-0.25, -0.2) is 0 Å². The van der Waals surface area contributed by atoms with Crippen molar-refractivity contribution in [2.24, 2.45) is 5.73 Å². The molecule has 0 bridgehead atoms. The standard InChI is InChI=1S/C20H22N2/c21-19-12-7-13-20(15-19,14-17-8-3-1-4-9-17)22-16-18-10-5-2-6-11-18/h1-13,22H,14-16,21H2. The quantitative estimate of drug-likeness (QED) is 0.883. The van der Waals surface area contributed by atoms with E-state index in [4.69, 9.17) is 5.73 Å². The summed E-state index contributed by atoms with van der Waals surface area (Å²) in [5.74, 6) is 0. The summed E-state index contributed by atoms with van der Waals surface area (Å²) in [6, 6.07) is 21.1. The van der Waals surface area contributed by atoms with Crippen LogP contribution in [0.5, 0.6) is 0 Å². The summed E-state index contributed by atoms with van der Waals surface area (Å²) in [5.41, 5.74) is 9.53. The summed E-state index contributed by atoms with van der Waals surface area (Å²) in [6.07, 6.45) is 8.09. The lowest BCUT2D eigenvalue weighted by Gasteiger charge is -2.34. The van der Waals surface area contributed by atoms with Gasteiger partial charge >= 0.3 is 0 Å². The minimum Gasteiger partial charge on any atom is -0.402 e. The summed E-state index contributed by atoms with van der Waals surface area (Å²) in [5, 5.41) is 3.72. The van der Waals surface area contributed by atoms with E-state index in [1.165, 1.54) is 11.1 Å². The van der Waals surface area contributed by atoms with Crippen molar-refractivity contribution in [3.05, 3.63) is 95.7 Å². The number of hydrogen-bond acceptors (Lipinski definition) is 2. The second-order valence-corrected chi connectivity index (χ2v) is 5.94. The highest BCUT2D eigenvalue weighted by Crippen LogP contribution is 2.26. The number of benzene rings is 2. The van der Waals surface area contributed by atoms with Crippen molar-refractivity contribution in [3.63, 3.8) is 0 Å². The van der Waals surface area contributed by atoms with Crippen LogP contribution in [0.2, 0.25) is 0 Å². The number of allylic oxidation sites excluding steroid dienone is 2. The highest BCUT2D eigenvalue weighted by atomic mass is 15.0. The molecule has 0 amide bonds. The van der Waals surface area contributed by atoms with E-state index >= 15 is 0 Å². The van der Waals surface area contributed by atoms with E-state index in [9.17, 15) is 0 Å². The Labute approximate surface area is 132 Å². The highest BCUT2D eigenvalue weighted by molar-refractivity contribution is 5.30. The molecule has 1 atom stereocenters. The van der Waals surface area contributed by atoms with Crippen LogP contribution >= 0.6 is 0 Å². The van der Waals surface area contributed by atoms with Crippen molar-refractivity contribution in [2.75, 3.05) is 0 Å². The van der Waals surface area contributed by atoms with Gasteiger partial charge in [-0.3, -0.25) is 0 Å². The van der Waals surface area contributed by atoms with Crippen LogP contribution in [-0.4, -0.2) is 5.54 Å². The van der Waals surface area contributed by atoms with Gasteiger partial charge in [-0.2, -0.15) is 0 Å². The molecule has 2 heteroatoms.